The lowest BCUT2D eigenvalue weighted by atomic mass is 9.91. The topological polar surface area (TPSA) is 40.5 Å². The molecule has 4 bridgehead atoms. The average Bonchev–Trinajstić information content (AvgIpc) is 2.49. The second kappa shape index (κ2) is 5.78. The van der Waals surface area contributed by atoms with Gasteiger partial charge in [0.25, 0.3) is 0 Å². The van der Waals surface area contributed by atoms with Gasteiger partial charge in [0.2, 0.25) is 0 Å². The number of aryl methyl sites for hydroxylation is 4. The SMILES string of the molecule is OCc1cc2ccc1CCc1ccc(cc1CO)CC2. The monoisotopic (exact) mass is 268 g/mol. The van der Waals surface area contributed by atoms with Gasteiger partial charge < -0.3 is 10.2 Å². The molecule has 0 amide bonds. The molecule has 0 unspecified atom stereocenters. The van der Waals surface area contributed by atoms with E-state index in [1.165, 1.54) is 22.3 Å². The van der Waals surface area contributed by atoms with E-state index in [4.69, 9.17) is 0 Å². The van der Waals surface area contributed by atoms with Crippen molar-refractivity contribution in [2.24, 2.45) is 0 Å². The lowest BCUT2D eigenvalue weighted by Gasteiger charge is -2.15. The Bertz CT molecular complexity index is 561. The van der Waals surface area contributed by atoms with E-state index >= 15 is 0 Å². The highest BCUT2D eigenvalue weighted by atomic mass is 16.3. The van der Waals surface area contributed by atoms with Crippen molar-refractivity contribution in [1.82, 2.24) is 0 Å². The third-order valence-electron chi connectivity index (χ3n) is 4.25. The average molecular weight is 268 g/mol. The van der Waals surface area contributed by atoms with Crippen LogP contribution in [0.2, 0.25) is 0 Å². The maximum Gasteiger partial charge on any atom is 0.0684 e. The summed E-state index contributed by atoms with van der Waals surface area (Å²) in [6.07, 6.45) is 3.75. The number of rotatable bonds is 2. The van der Waals surface area contributed by atoms with E-state index in [2.05, 4.69) is 36.4 Å². The molecule has 4 aliphatic carbocycles. The van der Waals surface area contributed by atoms with Crippen LogP contribution < -0.4 is 0 Å². The van der Waals surface area contributed by atoms with Crippen LogP contribution >= 0.6 is 0 Å². The van der Waals surface area contributed by atoms with Crippen molar-refractivity contribution >= 4 is 0 Å². The Kier molecular flexibility index (Phi) is 3.86. The summed E-state index contributed by atoms with van der Waals surface area (Å²) < 4.78 is 0. The number of hydrogen-bond donors (Lipinski definition) is 2. The van der Waals surface area contributed by atoms with Gasteiger partial charge in [0.15, 0.2) is 0 Å². The molecule has 2 aromatic rings. The molecular formula is C18H20O2. The molecular weight excluding hydrogens is 248 g/mol. The third kappa shape index (κ3) is 2.62. The van der Waals surface area contributed by atoms with E-state index in [0.29, 0.717) is 0 Å². The Labute approximate surface area is 119 Å². The second-order valence-corrected chi connectivity index (χ2v) is 5.52. The molecule has 104 valence electrons. The summed E-state index contributed by atoms with van der Waals surface area (Å²) in [5.74, 6) is 0. The normalized spacial score (nSPS) is 14.1. The van der Waals surface area contributed by atoms with Gasteiger partial charge in [-0.3, -0.25) is 0 Å². The fourth-order valence-electron chi connectivity index (χ4n) is 3.01. The first-order chi connectivity index (χ1) is 9.80. The minimum Gasteiger partial charge on any atom is -0.392 e. The predicted octanol–water partition coefficient (Wildman–Crippen LogP) is 2.56. The van der Waals surface area contributed by atoms with Crippen LogP contribution in [0.3, 0.4) is 0 Å². The molecule has 6 rings (SSSR count). The molecule has 0 atom stereocenters. The first-order valence-electron chi connectivity index (χ1n) is 7.23. The standard InChI is InChI=1S/C18H20O2/c19-11-17-9-13-1-2-14-4-6-16(18(10-14)12-20)8-7-15(17)5-3-13/h3-6,9-10,19-20H,1-2,7-8,11-12H2. The van der Waals surface area contributed by atoms with Crippen LogP contribution in [-0.2, 0) is 38.9 Å². The highest BCUT2D eigenvalue weighted by Gasteiger charge is 2.10. The molecule has 4 aliphatic rings. The minimum atomic E-state index is 0.105. The summed E-state index contributed by atoms with van der Waals surface area (Å²) in [4.78, 5) is 0. The van der Waals surface area contributed by atoms with Crippen molar-refractivity contribution in [2.75, 3.05) is 0 Å². The zero-order valence-corrected chi connectivity index (χ0v) is 11.6. The molecule has 0 aliphatic heterocycles. The van der Waals surface area contributed by atoms with Crippen molar-refractivity contribution in [1.29, 1.82) is 0 Å². The van der Waals surface area contributed by atoms with Crippen LogP contribution in [0, 0.1) is 0 Å². The molecule has 0 saturated carbocycles. The summed E-state index contributed by atoms with van der Waals surface area (Å²) in [5.41, 5.74) is 7.06. The lowest BCUT2D eigenvalue weighted by Crippen LogP contribution is -2.04. The van der Waals surface area contributed by atoms with Crippen molar-refractivity contribution in [3.63, 3.8) is 0 Å². The fraction of sp³-hybridized carbons (Fsp3) is 0.333. The molecule has 0 heterocycles. The van der Waals surface area contributed by atoms with Crippen LogP contribution in [0.5, 0.6) is 0 Å². The van der Waals surface area contributed by atoms with Crippen molar-refractivity contribution in [2.45, 2.75) is 38.9 Å². The van der Waals surface area contributed by atoms with Crippen LogP contribution in [0.15, 0.2) is 36.4 Å². The molecule has 0 fully saturated rings. The van der Waals surface area contributed by atoms with Gasteiger partial charge in [0.1, 0.15) is 0 Å². The van der Waals surface area contributed by atoms with Gasteiger partial charge in [-0.1, -0.05) is 36.4 Å². The zero-order chi connectivity index (χ0) is 13.9. The summed E-state index contributed by atoms with van der Waals surface area (Å²) in [6.45, 7) is 0.210. The molecule has 2 aromatic carbocycles. The minimum absolute atomic E-state index is 0.105. The quantitative estimate of drug-likeness (QED) is 0.879. The van der Waals surface area contributed by atoms with Gasteiger partial charge in [-0.15, -0.1) is 0 Å². The maximum atomic E-state index is 9.53. The molecule has 0 radical (unpaired) electrons. The van der Waals surface area contributed by atoms with Gasteiger partial charge in [0, 0.05) is 0 Å². The van der Waals surface area contributed by atoms with Crippen molar-refractivity contribution in [3.05, 3.63) is 69.8 Å². The fourth-order valence-corrected chi connectivity index (χ4v) is 3.01. The van der Waals surface area contributed by atoms with Gasteiger partial charge in [-0.2, -0.15) is 0 Å². The van der Waals surface area contributed by atoms with Crippen LogP contribution in [0.1, 0.15) is 33.4 Å². The van der Waals surface area contributed by atoms with Gasteiger partial charge in [-0.25, -0.2) is 0 Å². The molecule has 2 N–H and O–H groups in total. The Morgan fingerprint density at radius 3 is 1.50 bits per heavy atom. The third-order valence-corrected chi connectivity index (χ3v) is 4.25. The first kappa shape index (κ1) is 13.3. The Hall–Kier alpha value is -1.64. The van der Waals surface area contributed by atoms with E-state index in [1.54, 1.807) is 0 Å². The summed E-state index contributed by atoms with van der Waals surface area (Å²) >= 11 is 0. The van der Waals surface area contributed by atoms with Crippen LogP contribution in [0.25, 0.3) is 0 Å². The summed E-state index contributed by atoms with van der Waals surface area (Å²) in [7, 11) is 0. The summed E-state index contributed by atoms with van der Waals surface area (Å²) in [5, 5.41) is 19.1. The number of hydrogen-bond acceptors (Lipinski definition) is 2. The second-order valence-electron chi connectivity index (χ2n) is 5.52. The number of benzene rings is 2. The largest absolute Gasteiger partial charge is 0.392 e. The highest BCUT2D eigenvalue weighted by Crippen LogP contribution is 2.21. The number of aliphatic hydroxyl groups excluding tert-OH is 2. The molecule has 0 aromatic heterocycles. The summed E-state index contributed by atoms with van der Waals surface area (Å²) in [6, 6.07) is 12.9. The molecule has 0 spiro atoms. The zero-order valence-electron chi connectivity index (χ0n) is 11.6. The maximum absolute atomic E-state index is 9.53. The molecule has 0 saturated heterocycles. The van der Waals surface area contributed by atoms with Crippen molar-refractivity contribution < 1.29 is 10.2 Å². The van der Waals surface area contributed by atoms with Crippen LogP contribution in [-0.4, -0.2) is 10.2 Å². The van der Waals surface area contributed by atoms with Gasteiger partial charge in [-0.05, 0) is 59.1 Å². The van der Waals surface area contributed by atoms with Gasteiger partial charge >= 0.3 is 0 Å². The van der Waals surface area contributed by atoms with E-state index in [1.807, 2.05) is 0 Å². The number of aliphatic hydroxyl groups is 2. The van der Waals surface area contributed by atoms with E-state index in [0.717, 1.165) is 36.8 Å². The smallest absolute Gasteiger partial charge is 0.0684 e. The molecule has 2 heteroatoms. The molecule has 20 heavy (non-hydrogen) atoms. The Balaban J connectivity index is 2.02. The Morgan fingerprint density at radius 2 is 1.10 bits per heavy atom. The predicted molar refractivity (Wildman–Crippen MR) is 79.5 cm³/mol. The van der Waals surface area contributed by atoms with E-state index < -0.39 is 0 Å². The first-order valence-corrected chi connectivity index (χ1v) is 7.23. The van der Waals surface area contributed by atoms with Gasteiger partial charge in [0.05, 0.1) is 13.2 Å². The van der Waals surface area contributed by atoms with Crippen LogP contribution in [0.4, 0.5) is 0 Å². The lowest BCUT2D eigenvalue weighted by molar-refractivity contribution is 0.279. The van der Waals surface area contributed by atoms with E-state index in [9.17, 15) is 10.2 Å². The Morgan fingerprint density at radius 1 is 0.650 bits per heavy atom. The molecule has 2 nitrogen and oxygen atoms in total. The van der Waals surface area contributed by atoms with Crippen molar-refractivity contribution in [3.8, 4) is 0 Å². The highest BCUT2D eigenvalue weighted by molar-refractivity contribution is 5.37. The van der Waals surface area contributed by atoms with E-state index in [-0.39, 0.29) is 13.2 Å².